The lowest BCUT2D eigenvalue weighted by atomic mass is 9.98. The van der Waals surface area contributed by atoms with E-state index in [0.717, 1.165) is 30.5 Å². The average Bonchev–Trinajstić information content (AvgIpc) is 2.91. The fourth-order valence-corrected chi connectivity index (χ4v) is 2.48. The SMILES string of the molecule is CCC(CO)(CO)Nc1nc2c(cc1CN)CCC2. The van der Waals surface area contributed by atoms with Crippen molar-refractivity contribution in [3.63, 3.8) is 0 Å². The number of aryl methyl sites for hydroxylation is 2. The van der Waals surface area contributed by atoms with Crippen LogP contribution in [0.2, 0.25) is 0 Å². The largest absolute Gasteiger partial charge is 0.394 e. The van der Waals surface area contributed by atoms with Gasteiger partial charge >= 0.3 is 0 Å². The summed E-state index contributed by atoms with van der Waals surface area (Å²) in [5, 5.41) is 22.2. The molecule has 0 radical (unpaired) electrons. The molecule has 0 spiro atoms. The molecule has 0 aromatic carbocycles. The number of aromatic nitrogens is 1. The molecule has 1 aliphatic carbocycles. The second-order valence-electron chi connectivity index (χ2n) is 5.23. The van der Waals surface area contributed by atoms with Crippen LogP contribution in [-0.4, -0.2) is 33.9 Å². The Morgan fingerprint density at radius 2 is 2.11 bits per heavy atom. The lowest BCUT2D eigenvalue weighted by Crippen LogP contribution is -2.45. The Morgan fingerprint density at radius 1 is 1.37 bits per heavy atom. The van der Waals surface area contributed by atoms with E-state index >= 15 is 0 Å². The van der Waals surface area contributed by atoms with Gasteiger partial charge in [0.25, 0.3) is 0 Å². The highest BCUT2D eigenvalue weighted by molar-refractivity contribution is 5.50. The Morgan fingerprint density at radius 3 is 2.68 bits per heavy atom. The Bertz CT molecular complexity index is 436. The first kappa shape index (κ1) is 14.2. The number of aliphatic hydroxyl groups is 2. The monoisotopic (exact) mass is 265 g/mol. The van der Waals surface area contributed by atoms with Crippen LogP contribution in [0.15, 0.2) is 6.07 Å². The number of hydrogen-bond acceptors (Lipinski definition) is 5. The predicted molar refractivity (Wildman–Crippen MR) is 75.0 cm³/mol. The van der Waals surface area contributed by atoms with Gasteiger partial charge in [-0.15, -0.1) is 0 Å². The Balaban J connectivity index is 2.33. The third-order valence-corrected chi connectivity index (χ3v) is 4.02. The minimum absolute atomic E-state index is 0.136. The minimum Gasteiger partial charge on any atom is -0.394 e. The third kappa shape index (κ3) is 2.73. The smallest absolute Gasteiger partial charge is 0.131 e. The lowest BCUT2D eigenvalue weighted by Gasteiger charge is -2.31. The van der Waals surface area contributed by atoms with E-state index in [1.54, 1.807) is 0 Å². The summed E-state index contributed by atoms with van der Waals surface area (Å²) in [5.74, 6) is 0.702. The van der Waals surface area contributed by atoms with Gasteiger partial charge in [-0.1, -0.05) is 6.92 Å². The maximum atomic E-state index is 9.51. The molecular formula is C14H23N3O2. The van der Waals surface area contributed by atoms with Gasteiger partial charge in [-0.3, -0.25) is 0 Å². The minimum atomic E-state index is -0.732. The highest BCUT2D eigenvalue weighted by Gasteiger charge is 2.28. The number of nitrogens with one attached hydrogen (secondary N) is 1. The Labute approximate surface area is 113 Å². The number of hydrogen-bond donors (Lipinski definition) is 4. The van der Waals surface area contributed by atoms with Crippen molar-refractivity contribution >= 4 is 5.82 Å². The van der Waals surface area contributed by atoms with Gasteiger partial charge in [0, 0.05) is 17.8 Å². The molecule has 106 valence electrons. The maximum Gasteiger partial charge on any atom is 0.131 e. The van der Waals surface area contributed by atoms with E-state index in [4.69, 9.17) is 5.73 Å². The van der Waals surface area contributed by atoms with Crippen molar-refractivity contribution < 1.29 is 10.2 Å². The van der Waals surface area contributed by atoms with Gasteiger partial charge in [-0.25, -0.2) is 4.98 Å². The first-order valence-electron chi connectivity index (χ1n) is 6.89. The van der Waals surface area contributed by atoms with Crippen molar-refractivity contribution in [3.05, 3.63) is 22.9 Å². The quantitative estimate of drug-likeness (QED) is 0.604. The van der Waals surface area contributed by atoms with Gasteiger partial charge in [-0.2, -0.15) is 0 Å². The molecule has 5 nitrogen and oxygen atoms in total. The van der Waals surface area contributed by atoms with E-state index in [1.807, 2.05) is 6.92 Å². The molecule has 19 heavy (non-hydrogen) atoms. The molecule has 0 atom stereocenters. The van der Waals surface area contributed by atoms with Gasteiger partial charge in [0.05, 0.1) is 18.8 Å². The summed E-state index contributed by atoms with van der Waals surface area (Å²) in [5.41, 5.74) is 8.39. The summed E-state index contributed by atoms with van der Waals surface area (Å²) in [6.45, 7) is 2.06. The number of nitrogens with two attached hydrogens (primary N) is 1. The van der Waals surface area contributed by atoms with Gasteiger partial charge in [0.1, 0.15) is 5.82 Å². The summed E-state index contributed by atoms with van der Waals surface area (Å²) in [7, 11) is 0. The van der Waals surface area contributed by atoms with E-state index in [0.29, 0.717) is 18.8 Å². The fourth-order valence-electron chi connectivity index (χ4n) is 2.48. The van der Waals surface area contributed by atoms with Crippen LogP contribution >= 0.6 is 0 Å². The fraction of sp³-hybridized carbons (Fsp3) is 0.643. The number of pyridine rings is 1. The topological polar surface area (TPSA) is 91.4 Å². The molecule has 0 amide bonds. The van der Waals surface area contributed by atoms with Crippen molar-refractivity contribution in [3.8, 4) is 0 Å². The van der Waals surface area contributed by atoms with Crippen LogP contribution in [-0.2, 0) is 19.4 Å². The van der Waals surface area contributed by atoms with Crippen LogP contribution in [0.25, 0.3) is 0 Å². The van der Waals surface area contributed by atoms with Crippen LogP contribution in [0, 0.1) is 0 Å². The number of anilines is 1. The van der Waals surface area contributed by atoms with Crippen molar-refractivity contribution in [1.82, 2.24) is 4.98 Å². The number of nitrogens with zero attached hydrogens (tertiary/aromatic N) is 1. The zero-order chi connectivity index (χ0) is 13.9. The predicted octanol–water partition coefficient (Wildman–Crippen LogP) is 0.574. The van der Waals surface area contributed by atoms with Crippen molar-refractivity contribution in [2.45, 2.75) is 44.7 Å². The van der Waals surface area contributed by atoms with E-state index in [-0.39, 0.29) is 13.2 Å². The molecule has 5 heteroatoms. The Hall–Kier alpha value is -1.17. The second-order valence-corrected chi connectivity index (χ2v) is 5.23. The normalized spacial score (nSPS) is 14.5. The molecule has 0 unspecified atom stereocenters. The first-order valence-corrected chi connectivity index (χ1v) is 6.89. The van der Waals surface area contributed by atoms with E-state index in [2.05, 4.69) is 16.4 Å². The highest BCUT2D eigenvalue weighted by atomic mass is 16.3. The van der Waals surface area contributed by atoms with Crippen LogP contribution in [0.4, 0.5) is 5.82 Å². The summed E-state index contributed by atoms with van der Waals surface area (Å²) in [4.78, 5) is 4.64. The highest BCUT2D eigenvalue weighted by Crippen LogP contribution is 2.27. The molecule has 5 N–H and O–H groups in total. The van der Waals surface area contributed by atoms with Crippen molar-refractivity contribution in [1.29, 1.82) is 0 Å². The summed E-state index contributed by atoms with van der Waals surface area (Å²) in [6.07, 6.45) is 3.80. The molecule has 1 aliphatic rings. The summed E-state index contributed by atoms with van der Waals surface area (Å²) in [6, 6.07) is 2.10. The van der Waals surface area contributed by atoms with Crippen molar-refractivity contribution in [2.75, 3.05) is 18.5 Å². The molecular weight excluding hydrogens is 242 g/mol. The molecule has 0 aliphatic heterocycles. The van der Waals surface area contributed by atoms with Gasteiger partial charge < -0.3 is 21.3 Å². The molecule has 0 fully saturated rings. The number of rotatable bonds is 6. The molecule has 2 rings (SSSR count). The van der Waals surface area contributed by atoms with Crippen molar-refractivity contribution in [2.24, 2.45) is 5.73 Å². The first-order chi connectivity index (χ1) is 9.18. The summed E-state index contributed by atoms with van der Waals surface area (Å²) >= 11 is 0. The maximum absolute atomic E-state index is 9.51. The zero-order valence-corrected chi connectivity index (χ0v) is 11.4. The van der Waals surface area contributed by atoms with Crippen LogP contribution in [0.3, 0.4) is 0 Å². The zero-order valence-electron chi connectivity index (χ0n) is 11.4. The van der Waals surface area contributed by atoms with E-state index < -0.39 is 5.54 Å². The molecule has 1 heterocycles. The Kier molecular flexibility index (Phi) is 4.39. The van der Waals surface area contributed by atoms with Crippen LogP contribution in [0.5, 0.6) is 0 Å². The van der Waals surface area contributed by atoms with Gasteiger partial charge in [-0.05, 0) is 37.3 Å². The third-order valence-electron chi connectivity index (χ3n) is 4.02. The number of aliphatic hydroxyl groups excluding tert-OH is 2. The molecule has 0 saturated heterocycles. The molecule has 1 aromatic heterocycles. The molecule has 0 saturated carbocycles. The van der Waals surface area contributed by atoms with Gasteiger partial charge in [0.2, 0.25) is 0 Å². The second kappa shape index (κ2) is 5.86. The average molecular weight is 265 g/mol. The summed E-state index contributed by atoms with van der Waals surface area (Å²) < 4.78 is 0. The van der Waals surface area contributed by atoms with Crippen LogP contribution < -0.4 is 11.1 Å². The molecule has 1 aromatic rings. The van der Waals surface area contributed by atoms with E-state index in [1.165, 1.54) is 5.56 Å². The molecule has 0 bridgehead atoms. The lowest BCUT2D eigenvalue weighted by molar-refractivity contribution is 0.132. The van der Waals surface area contributed by atoms with Gasteiger partial charge in [0.15, 0.2) is 0 Å². The standard InChI is InChI=1S/C14H23N3O2/c1-2-14(8-18,9-19)17-13-11(7-15)6-10-4-3-5-12(10)16-13/h6,18-19H,2-5,7-9,15H2,1H3,(H,16,17). The number of fused-ring (bicyclic) bond motifs is 1. The van der Waals surface area contributed by atoms with Crippen LogP contribution in [0.1, 0.15) is 36.6 Å². The van der Waals surface area contributed by atoms with E-state index in [9.17, 15) is 10.2 Å².